The molecule has 0 saturated carbocycles. The van der Waals surface area contributed by atoms with Gasteiger partial charge in [-0.05, 0) is 30.4 Å². The zero-order valence-corrected chi connectivity index (χ0v) is 11.1. The Hall–Kier alpha value is -1.15. The molecule has 1 aromatic rings. The normalized spacial score (nSPS) is 12.8. The Morgan fingerprint density at radius 2 is 1.76 bits per heavy atom. The first-order valence-corrected chi connectivity index (χ1v) is 6.37. The summed E-state index contributed by atoms with van der Waals surface area (Å²) in [6.07, 6.45) is 1.47. The van der Waals surface area contributed by atoms with Crippen LogP contribution in [0.15, 0.2) is 24.3 Å². The van der Waals surface area contributed by atoms with Crippen LogP contribution in [0.2, 0.25) is 0 Å². The highest BCUT2D eigenvalue weighted by Gasteiger charge is 2.08. The molecule has 0 amide bonds. The van der Waals surface area contributed by atoms with Crippen LogP contribution in [0.1, 0.15) is 55.5 Å². The fraction of sp³-hybridized carbons (Fsp3) is 0.533. The molecule has 2 nitrogen and oxygen atoms in total. The number of ketones is 1. The van der Waals surface area contributed by atoms with Gasteiger partial charge in [-0.3, -0.25) is 4.79 Å². The molecular weight excluding hydrogens is 210 g/mol. The van der Waals surface area contributed by atoms with Gasteiger partial charge in [0, 0.05) is 12.0 Å². The van der Waals surface area contributed by atoms with Crippen molar-refractivity contribution in [2.24, 2.45) is 11.7 Å². The predicted molar refractivity (Wildman–Crippen MR) is 72.3 cm³/mol. The third-order valence-corrected chi connectivity index (χ3v) is 3.17. The van der Waals surface area contributed by atoms with E-state index in [1.165, 1.54) is 5.56 Å². The van der Waals surface area contributed by atoms with Gasteiger partial charge in [-0.1, -0.05) is 45.0 Å². The Labute approximate surface area is 104 Å². The summed E-state index contributed by atoms with van der Waals surface area (Å²) >= 11 is 0. The quantitative estimate of drug-likeness (QED) is 0.765. The molecule has 0 spiro atoms. The lowest BCUT2D eigenvalue weighted by molar-refractivity contribution is 0.0975. The summed E-state index contributed by atoms with van der Waals surface area (Å²) in [6, 6.07) is 7.96. The lowest BCUT2D eigenvalue weighted by atomic mass is 9.97. The minimum Gasteiger partial charge on any atom is -0.330 e. The number of Topliss-reactive ketones (excluding diaryl/α,β-unsaturated/α-hetero) is 1. The van der Waals surface area contributed by atoms with E-state index in [1.54, 1.807) is 0 Å². The Morgan fingerprint density at radius 1 is 1.18 bits per heavy atom. The fourth-order valence-electron chi connectivity index (χ4n) is 1.69. The third-order valence-electron chi connectivity index (χ3n) is 3.17. The number of carbonyl (C=O) groups is 1. The SMILES string of the molecule is CC(CN)CCC(=O)c1ccc(C(C)C)cc1. The van der Waals surface area contributed by atoms with Crippen molar-refractivity contribution in [3.63, 3.8) is 0 Å². The van der Waals surface area contributed by atoms with Crippen molar-refractivity contribution >= 4 is 5.78 Å². The van der Waals surface area contributed by atoms with Crippen molar-refractivity contribution in [3.8, 4) is 0 Å². The van der Waals surface area contributed by atoms with Crippen LogP contribution in [-0.4, -0.2) is 12.3 Å². The second kappa shape index (κ2) is 6.55. The summed E-state index contributed by atoms with van der Waals surface area (Å²) in [5.41, 5.74) is 7.63. The largest absolute Gasteiger partial charge is 0.330 e. The lowest BCUT2D eigenvalue weighted by Gasteiger charge is -2.08. The molecule has 1 atom stereocenters. The molecule has 0 heterocycles. The van der Waals surface area contributed by atoms with Crippen LogP contribution in [0.4, 0.5) is 0 Å². The summed E-state index contributed by atoms with van der Waals surface area (Å²) in [5, 5.41) is 0. The molecule has 1 aromatic carbocycles. The molecule has 0 bridgehead atoms. The fourth-order valence-corrected chi connectivity index (χ4v) is 1.69. The van der Waals surface area contributed by atoms with E-state index >= 15 is 0 Å². The van der Waals surface area contributed by atoms with Gasteiger partial charge in [-0.15, -0.1) is 0 Å². The van der Waals surface area contributed by atoms with Gasteiger partial charge >= 0.3 is 0 Å². The Balaban J connectivity index is 2.58. The molecule has 0 aliphatic carbocycles. The lowest BCUT2D eigenvalue weighted by Crippen LogP contribution is -2.12. The van der Waals surface area contributed by atoms with E-state index in [1.807, 2.05) is 24.3 Å². The maximum absolute atomic E-state index is 11.9. The van der Waals surface area contributed by atoms with E-state index < -0.39 is 0 Å². The van der Waals surface area contributed by atoms with Crippen LogP contribution >= 0.6 is 0 Å². The molecule has 17 heavy (non-hydrogen) atoms. The number of hydrogen-bond donors (Lipinski definition) is 1. The monoisotopic (exact) mass is 233 g/mol. The molecule has 0 fully saturated rings. The highest BCUT2D eigenvalue weighted by Crippen LogP contribution is 2.16. The van der Waals surface area contributed by atoms with Gasteiger partial charge in [0.2, 0.25) is 0 Å². The van der Waals surface area contributed by atoms with Crippen molar-refractivity contribution in [3.05, 3.63) is 35.4 Å². The van der Waals surface area contributed by atoms with Gasteiger partial charge in [0.15, 0.2) is 5.78 Å². The number of rotatable bonds is 6. The maximum Gasteiger partial charge on any atom is 0.162 e. The van der Waals surface area contributed by atoms with E-state index in [-0.39, 0.29) is 5.78 Å². The molecule has 1 rings (SSSR count). The topological polar surface area (TPSA) is 43.1 Å². The number of hydrogen-bond acceptors (Lipinski definition) is 2. The van der Waals surface area contributed by atoms with Crippen LogP contribution in [0, 0.1) is 5.92 Å². The minimum atomic E-state index is 0.223. The van der Waals surface area contributed by atoms with E-state index in [2.05, 4.69) is 20.8 Å². The molecule has 2 N–H and O–H groups in total. The minimum absolute atomic E-state index is 0.223. The van der Waals surface area contributed by atoms with Gasteiger partial charge in [0.05, 0.1) is 0 Å². The first-order valence-electron chi connectivity index (χ1n) is 6.37. The van der Waals surface area contributed by atoms with Crippen molar-refractivity contribution in [1.29, 1.82) is 0 Å². The Kier molecular flexibility index (Phi) is 5.36. The van der Waals surface area contributed by atoms with Gasteiger partial charge in [0.1, 0.15) is 0 Å². The Bertz CT molecular complexity index is 354. The zero-order valence-electron chi connectivity index (χ0n) is 11.1. The maximum atomic E-state index is 11.9. The highest BCUT2D eigenvalue weighted by atomic mass is 16.1. The van der Waals surface area contributed by atoms with Crippen molar-refractivity contribution < 1.29 is 4.79 Å². The van der Waals surface area contributed by atoms with Crippen LogP contribution in [-0.2, 0) is 0 Å². The van der Waals surface area contributed by atoms with Crippen molar-refractivity contribution in [1.82, 2.24) is 0 Å². The molecule has 1 unspecified atom stereocenters. The first-order chi connectivity index (χ1) is 8.04. The molecule has 0 aromatic heterocycles. The first kappa shape index (κ1) is 13.9. The van der Waals surface area contributed by atoms with Crippen LogP contribution in [0.25, 0.3) is 0 Å². The third kappa shape index (κ3) is 4.31. The van der Waals surface area contributed by atoms with Gasteiger partial charge in [-0.2, -0.15) is 0 Å². The van der Waals surface area contributed by atoms with Crippen LogP contribution in [0.3, 0.4) is 0 Å². The van der Waals surface area contributed by atoms with Crippen molar-refractivity contribution in [2.45, 2.75) is 39.5 Å². The van der Waals surface area contributed by atoms with Crippen molar-refractivity contribution in [2.75, 3.05) is 6.54 Å². The van der Waals surface area contributed by atoms with E-state index in [9.17, 15) is 4.79 Å². The average Bonchev–Trinajstić information content (AvgIpc) is 2.35. The summed E-state index contributed by atoms with van der Waals surface area (Å²) < 4.78 is 0. The molecule has 0 aliphatic heterocycles. The molecule has 2 heteroatoms. The number of benzene rings is 1. The number of nitrogens with two attached hydrogens (primary N) is 1. The number of carbonyl (C=O) groups excluding carboxylic acids is 1. The predicted octanol–water partition coefficient (Wildman–Crippen LogP) is 3.37. The van der Waals surface area contributed by atoms with Crippen LogP contribution in [0.5, 0.6) is 0 Å². The second-order valence-electron chi connectivity index (χ2n) is 5.08. The Morgan fingerprint density at radius 3 is 2.24 bits per heavy atom. The molecule has 0 aliphatic rings. The standard InChI is InChI=1S/C15H23NO/c1-11(2)13-5-7-14(8-6-13)15(17)9-4-12(3)10-16/h5-8,11-12H,4,9-10,16H2,1-3H3. The zero-order chi connectivity index (χ0) is 12.8. The molecule has 94 valence electrons. The smallest absolute Gasteiger partial charge is 0.162 e. The summed E-state index contributed by atoms with van der Waals surface area (Å²) in [4.78, 5) is 11.9. The molecule has 0 saturated heterocycles. The van der Waals surface area contributed by atoms with Crippen LogP contribution < -0.4 is 5.73 Å². The van der Waals surface area contributed by atoms with Gasteiger partial charge in [0.25, 0.3) is 0 Å². The van der Waals surface area contributed by atoms with E-state index in [0.29, 0.717) is 24.8 Å². The summed E-state index contributed by atoms with van der Waals surface area (Å²) in [6.45, 7) is 7.04. The second-order valence-corrected chi connectivity index (χ2v) is 5.08. The highest BCUT2D eigenvalue weighted by molar-refractivity contribution is 5.96. The van der Waals surface area contributed by atoms with Gasteiger partial charge < -0.3 is 5.73 Å². The van der Waals surface area contributed by atoms with E-state index in [0.717, 1.165) is 12.0 Å². The van der Waals surface area contributed by atoms with Gasteiger partial charge in [-0.25, -0.2) is 0 Å². The average molecular weight is 233 g/mol. The van der Waals surface area contributed by atoms with E-state index in [4.69, 9.17) is 5.73 Å². The summed E-state index contributed by atoms with van der Waals surface area (Å²) in [5.74, 6) is 1.16. The summed E-state index contributed by atoms with van der Waals surface area (Å²) in [7, 11) is 0. The molecule has 0 radical (unpaired) electrons. The molecular formula is C15H23NO.